The lowest BCUT2D eigenvalue weighted by Crippen LogP contribution is -2.08. The van der Waals surface area contributed by atoms with Gasteiger partial charge in [-0.3, -0.25) is 0 Å². The molecule has 0 rings (SSSR count). The number of hydrogen-bond donors (Lipinski definition) is 1. The van der Waals surface area contributed by atoms with Gasteiger partial charge in [0, 0.05) is 0 Å². The van der Waals surface area contributed by atoms with Crippen LogP contribution in [0.25, 0.3) is 0 Å². The Morgan fingerprint density at radius 2 is 2.00 bits per heavy atom. The Balaban J connectivity index is 4.04. The van der Waals surface area contributed by atoms with Crippen molar-refractivity contribution in [1.29, 1.82) is 0 Å². The monoisotopic (exact) mass is 154 g/mol. The molecule has 0 spiro atoms. The zero-order valence-corrected chi connectivity index (χ0v) is 6.67. The summed E-state index contributed by atoms with van der Waals surface area (Å²) in [5.41, 5.74) is 0. The third-order valence-corrected chi connectivity index (χ3v) is 3.51. The van der Waals surface area contributed by atoms with Crippen LogP contribution >= 0.6 is 11.7 Å². The first-order chi connectivity index (χ1) is 3.48. The minimum atomic E-state index is -3.06. The van der Waals surface area contributed by atoms with Crippen molar-refractivity contribution < 1.29 is 8.42 Å². The third kappa shape index (κ3) is 2.57. The number of thiol groups is 1. The zero-order chi connectivity index (χ0) is 6.78. The topological polar surface area (TPSA) is 34.1 Å². The molecule has 0 N–H and O–H groups in total. The molecule has 0 aliphatic rings. The normalized spacial score (nSPS) is 15.9. The first kappa shape index (κ1) is 8.30. The Hall–Kier alpha value is 0.300. The molecule has 0 radical (unpaired) electrons. The summed E-state index contributed by atoms with van der Waals surface area (Å²) in [5, 5.41) is -0.314. The molecule has 4 heteroatoms. The summed E-state index contributed by atoms with van der Waals surface area (Å²) in [6.07, 6.45) is 0.631. The second-order valence-corrected chi connectivity index (χ2v) is 5.10. The molecule has 2 nitrogen and oxygen atoms in total. The van der Waals surface area contributed by atoms with Crippen LogP contribution in [-0.2, 0) is 8.87 Å². The minimum Gasteiger partial charge on any atom is -0.217 e. The smallest absolute Gasteiger partial charge is 0.201 e. The summed E-state index contributed by atoms with van der Waals surface area (Å²) >= 11 is 3.40. The van der Waals surface area contributed by atoms with Gasteiger partial charge in [-0.1, -0.05) is 6.92 Å². The minimum absolute atomic E-state index is 0.314. The standard InChI is InChI=1S/C4H10O2S2/c1-3-4(2)8(5,6)7/h4H,3H2,1-2H3,(H,5,6,7). The maximum atomic E-state index is 10.4. The SMILES string of the molecule is CCC(C)S(=O)(=O)S. The summed E-state index contributed by atoms with van der Waals surface area (Å²) in [7, 11) is -3.06. The van der Waals surface area contributed by atoms with Crippen LogP contribution in [0.1, 0.15) is 20.3 Å². The van der Waals surface area contributed by atoms with Crippen LogP contribution in [0.4, 0.5) is 0 Å². The molecule has 0 aromatic heterocycles. The first-order valence-electron chi connectivity index (χ1n) is 2.44. The Morgan fingerprint density at radius 3 is 2.00 bits per heavy atom. The van der Waals surface area contributed by atoms with E-state index in [4.69, 9.17) is 0 Å². The van der Waals surface area contributed by atoms with E-state index in [1.807, 2.05) is 6.92 Å². The lowest BCUT2D eigenvalue weighted by Gasteiger charge is -2.01. The molecule has 0 fully saturated rings. The largest absolute Gasteiger partial charge is 0.217 e. The second kappa shape index (κ2) is 2.73. The van der Waals surface area contributed by atoms with E-state index >= 15 is 0 Å². The van der Waals surface area contributed by atoms with Crippen LogP contribution < -0.4 is 0 Å². The predicted octanol–water partition coefficient (Wildman–Crippen LogP) is 1.04. The van der Waals surface area contributed by atoms with Crippen molar-refractivity contribution in [2.24, 2.45) is 0 Å². The average Bonchev–Trinajstić information content (AvgIpc) is 1.62. The fraction of sp³-hybridized carbons (Fsp3) is 1.00. The number of rotatable bonds is 2. The van der Waals surface area contributed by atoms with Gasteiger partial charge in [-0.15, -0.1) is 0 Å². The zero-order valence-electron chi connectivity index (χ0n) is 4.96. The highest BCUT2D eigenvalue weighted by Gasteiger charge is 2.11. The van der Waals surface area contributed by atoms with E-state index in [0.29, 0.717) is 6.42 Å². The summed E-state index contributed by atoms with van der Waals surface area (Å²) in [6.45, 7) is 3.46. The van der Waals surface area contributed by atoms with Gasteiger partial charge in [-0.25, -0.2) is 8.42 Å². The van der Waals surface area contributed by atoms with Crippen molar-refractivity contribution in [3.8, 4) is 0 Å². The molecule has 0 bridgehead atoms. The van der Waals surface area contributed by atoms with Gasteiger partial charge in [0.05, 0.1) is 5.25 Å². The maximum Gasteiger partial charge on any atom is 0.201 e. The fourth-order valence-electron chi connectivity index (χ4n) is 0.211. The summed E-state index contributed by atoms with van der Waals surface area (Å²) < 4.78 is 20.9. The van der Waals surface area contributed by atoms with Crippen molar-refractivity contribution in [3.63, 3.8) is 0 Å². The molecule has 0 saturated heterocycles. The van der Waals surface area contributed by atoms with Gasteiger partial charge in [-0.2, -0.15) is 0 Å². The van der Waals surface area contributed by atoms with E-state index in [2.05, 4.69) is 11.7 Å². The molecular formula is C4H10O2S2. The van der Waals surface area contributed by atoms with Crippen LogP contribution in [0, 0.1) is 0 Å². The van der Waals surface area contributed by atoms with Crippen LogP contribution in [-0.4, -0.2) is 13.7 Å². The highest BCUT2D eigenvalue weighted by molar-refractivity contribution is 8.63. The van der Waals surface area contributed by atoms with Gasteiger partial charge in [0.15, 0.2) is 0 Å². The molecule has 0 aliphatic carbocycles. The van der Waals surface area contributed by atoms with E-state index in [9.17, 15) is 8.42 Å². The molecule has 0 aromatic rings. The van der Waals surface area contributed by atoms with Crippen molar-refractivity contribution in [1.82, 2.24) is 0 Å². The second-order valence-electron chi connectivity index (χ2n) is 1.73. The van der Waals surface area contributed by atoms with Gasteiger partial charge < -0.3 is 0 Å². The Morgan fingerprint density at radius 1 is 1.62 bits per heavy atom. The maximum absolute atomic E-state index is 10.4. The van der Waals surface area contributed by atoms with Crippen molar-refractivity contribution in [2.45, 2.75) is 25.5 Å². The number of hydrogen-bond acceptors (Lipinski definition) is 2. The highest BCUT2D eigenvalue weighted by atomic mass is 33.1. The van der Waals surface area contributed by atoms with Crippen molar-refractivity contribution >= 4 is 20.5 Å². The van der Waals surface area contributed by atoms with E-state index in [1.165, 1.54) is 0 Å². The predicted molar refractivity (Wildman–Crippen MR) is 37.7 cm³/mol. The van der Waals surface area contributed by atoms with Crippen molar-refractivity contribution in [2.75, 3.05) is 0 Å². The van der Waals surface area contributed by atoms with Gasteiger partial charge in [0.25, 0.3) is 0 Å². The van der Waals surface area contributed by atoms with Gasteiger partial charge in [-0.05, 0) is 25.0 Å². The van der Waals surface area contributed by atoms with E-state index in [0.717, 1.165) is 0 Å². The van der Waals surface area contributed by atoms with Crippen molar-refractivity contribution in [3.05, 3.63) is 0 Å². The summed E-state index contributed by atoms with van der Waals surface area (Å²) in [5.74, 6) is 0. The molecular weight excluding hydrogens is 144 g/mol. The van der Waals surface area contributed by atoms with Gasteiger partial charge in [0.2, 0.25) is 8.87 Å². The summed E-state index contributed by atoms with van der Waals surface area (Å²) in [6, 6.07) is 0. The van der Waals surface area contributed by atoms with E-state index < -0.39 is 8.87 Å². The molecule has 0 aromatic carbocycles. The van der Waals surface area contributed by atoms with Crippen LogP contribution in [0.2, 0.25) is 0 Å². The third-order valence-electron chi connectivity index (χ3n) is 1.08. The fourth-order valence-corrected chi connectivity index (χ4v) is 1.08. The molecule has 1 atom stereocenters. The molecule has 8 heavy (non-hydrogen) atoms. The van der Waals surface area contributed by atoms with Gasteiger partial charge in [0.1, 0.15) is 0 Å². The molecule has 50 valence electrons. The van der Waals surface area contributed by atoms with Crippen LogP contribution in [0.5, 0.6) is 0 Å². The highest BCUT2D eigenvalue weighted by Crippen LogP contribution is 2.07. The van der Waals surface area contributed by atoms with Gasteiger partial charge >= 0.3 is 0 Å². The van der Waals surface area contributed by atoms with E-state index in [-0.39, 0.29) is 5.25 Å². The molecule has 0 saturated carbocycles. The Labute approximate surface area is 55.0 Å². The Bertz CT molecular complexity index is 147. The first-order valence-corrected chi connectivity index (χ1v) is 5.04. The molecule has 0 heterocycles. The van der Waals surface area contributed by atoms with Crippen LogP contribution in [0.15, 0.2) is 0 Å². The average molecular weight is 154 g/mol. The Kier molecular flexibility index (Phi) is 2.83. The van der Waals surface area contributed by atoms with Crippen LogP contribution in [0.3, 0.4) is 0 Å². The summed E-state index contributed by atoms with van der Waals surface area (Å²) in [4.78, 5) is 0. The van der Waals surface area contributed by atoms with E-state index in [1.54, 1.807) is 6.92 Å². The molecule has 0 aliphatic heterocycles. The lowest BCUT2D eigenvalue weighted by atomic mass is 10.4. The quantitative estimate of drug-likeness (QED) is 0.476. The molecule has 0 amide bonds. The lowest BCUT2D eigenvalue weighted by molar-refractivity contribution is 0.597. The molecule has 1 unspecified atom stereocenters.